The molecule has 7 atom stereocenters. The van der Waals surface area contributed by atoms with Gasteiger partial charge in [-0.3, -0.25) is 48.1 Å². The molecule has 25 heteroatoms. The van der Waals surface area contributed by atoms with E-state index in [4.69, 9.17) is 22.9 Å². The first-order valence-electron chi connectivity index (χ1n) is 23.5. The maximum Gasteiger partial charge on any atom is 0.326 e. The van der Waals surface area contributed by atoms with Gasteiger partial charge in [-0.1, -0.05) is 70.2 Å². The van der Waals surface area contributed by atoms with Crippen LogP contribution in [0.2, 0.25) is 0 Å². The highest BCUT2D eigenvalue weighted by molar-refractivity contribution is 5.98. The molecule has 1 aliphatic heterocycles. The summed E-state index contributed by atoms with van der Waals surface area (Å²) in [5.74, 6) is -9.94. The lowest BCUT2D eigenvalue weighted by Gasteiger charge is -2.28. The second kappa shape index (κ2) is 28.7. The average molecular weight is 1010 g/mol. The van der Waals surface area contributed by atoms with Crippen molar-refractivity contribution in [1.82, 2.24) is 42.1 Å². The van der Waals surface area contributed by atoms with Crippen LogP contribution < -0.4 is 60.2 Å². The molecule has 0 radical (unpaired) electrons. The number of carbonyl (C=O) groups is 10. The predicted molar refractivity (Wildman–Crippen MR) is 261 cm³/mol. The summed E-state index contributed by atoms with van der Waals surface area (Å²) in [7, 11) is 0. The summed E-state index contributed by atoms with van der Waals surface area (Å²) in [6.07, 6.45) is -0.233. The summed E-state index contributed by atoms with van der Waals surface area (Å²) in [6.45, 7) is 5.84. The Bertz CT molecular complexity index is 2260. The number of rotatable bonds is 28. The zero-order valence-electron chi connectivity index (χ0n) is 40.9. The van der Waals surface area contributed by atoms with Crippen molar-refractivity contribution in [2.75, 3.05) is 26.2 Å². The fraction of sp³-hybridized carbons (Fsp3) is 0.511. The zero-order valence-corrected chi connectivity index (χ0v) is 40.9. The van der Waals surface area contributed by atoms with E-state index < -0.39 is 121 Å². The topological polar surface area (TPSA) is 415 Å². The van der Waals surface area contributed by atoms with Gasteiger partial charge in [0.25, 0.3) is 0 Å². The van der Waals surface area contributed by atoms with Crippen molar-refractivity contribution in [3.05, 3.63) is 65.7 Å². The predicted octanol–water partition coefficient (Wildman–Crippen LogP) is -3.52. The van der Waals surface area contributed by atoms with Crippen LogP contribution >= 0.6 is 0 Å². The number of carboxylic acid groups (broad SMARTS) is 1. The van der Waals surface area contributed by atoms with Crippen LogP contribution in [0.3, 0.4) is 0 Å². The molecule has 25 nitrogen and oxygen atoms in total. The highest BCUT2D eigenvalue weighted by Crippen LogP contribution is 2.20. The molecule has 0 aliphatic carbocycles. The molecule has 1 heterocycles. The minimum atomic E-state index is -1.75. The van der Waals surface area contributed by atoms with E-state index in [1.165, 1.54) is 29.2 Å². The smallest absolute Gasteiger partial charge is 0.326 e. The zero-order chi connectivity index (χ0) is 53.7. The van der Waals surface area contributed by atoms with Crippen molar-refractivity contribution in [3.63, 3.8) is 0 Å². The Hall–Kier alpha value is -7.83. The fourth-order valence-electron chi connectivity index (χ4n) is 7.48. The van der Waals surface area contributed by atoms with E-state index in [2.05, 4.69) is 42.2 Å². The lowest BCUT2D eigenvalue weighted by molar-refractivity contribution is -0.141. The van der Waals surface area contributed by atoms with Crippen molar-refractivity contribution in [2.45, 2.75) is 115 Å². The molecule has 1 fully saturated rings. The van der Waals surface area contributed by atoms with Crippen molar-refractivity contribution in [3.8, 4) is 5.75 Å². The number of aliphatic imine (C=N–C) groups is 1. The number of primary amides is 1. The number of phenols is 1. The maximum absolute atomic E-state index is 14.0. The number of amides is 9. The first kappa shape index (κ1) is 58.5. The molecule has 3 rings (SSSR count). The molecule has 1 saturated heterocycles. The standard InChI is InChI=1S/C47H69N13O12/c1-25(2)38(49)45(70)60-19-9-13-34(60)43(68)54-24-37(64)59-39(26(3)4)44(69)56-30(12-8-18-52-47(50)51)41(66)58-32(22-35(48)62)42(67)57-31(20-28-14-16-29(61)17-15-28)40(65)53-23-36(63)55-33(46(71)72)21-27-10-6-5-7-11-27/h5-7,10-11,14-17,25-26,30-34,38-39,61H,8-9,12-13,18-24,49H2,1-4H3,(H2,48,62)(H,53,65)(H,54,68)(H,55,63)(H,56,69)(H,57,67)(H,58,66)(H,59,64)(H,71,72)(H4,50,51,52)/t30-,31-,32-,33-,34-,38-,39-/m0/s1. The molecule has 72 heavy (non-hydrogen) atoms. The number of guanidine groups is 1. The highest BCUT2D eigenvalue weighted by Gasteiger charge is 2.38. The van der Waals surface area contributed by atoms with Crippen molar-refractivity contribution >= 4 is 65.1 Å². The molecule has 2 aromatic carbocycles. The van der Waals surface area contributed by atoms with Gasteiger partial charge in [0.2, 0.25) is 53.2 Å². The molecule has 0 aromatic heterocycles. The number of nitrogens with one attached hydrogen (secondary N) is 7. The van der Waals surface area contributed by atoms with Crippen LogP contribution in [0.15, 0.2) is 59.6 Å². The third-order valence-corrected chi connectivity index (χ3v) is 11.5. The first-order valence-corrected chi connectivity index (χ1v) is 23.5. The molecular formula is C47H69N13O12. The minimum absolute atomic E-state index is 0.000713. The number of hydrogen-bond acceptors (Lipinski definition) is 13. The second-order valence-corrected chi connectivity index (χ2v) is 18.0. The van der Waals surface area contributed by atoms with E-state index in [-0.39, 0.29) is 55.8 Å². The van der Waals surface area contributed by atoms with E-state index >= 15 is 0 Å². The van der Waals surface area contributed by atoms with Gasteiger partial charge in [-0.05, 0) is 60.8 Å². The Balaban J connectivity index is 1.78. The molecule has 9 amide bonds. The van der Waals surface area contributed by atoms with Crippen molar-refractivity contribution < 1.29 is 58.2 Å². The van der Waals surface area contributed by atoms with Gasteiger partial charge < -0.3 is 75.3 Å². The highest BCUT2D eigenvalue weighted by atomic mass is 16.4. The Labute approximate surface area is 416 Å². The van der Waals surface area contributed by atoms with Gasteiger partial charge in [0.15, 0.2) is 5.96 Å². The maximum atomic E-state index is 14.0. The largest absolute Gasteiger partial charge is 0.508 e. The van der Waals surface area contributed by atoms with Gasteiger partial charge in [-0.15, -0.1) is 0 Å². The molecule has 394 valence electrons. The summed E-state index contributed by atoms with van der Waals surface area (Å²) in [5, 5.41) is 36.8. The van der Waals surface area contributed by atoms with Crippen LogP contribution in [0.25, 0.3) is 0 Å². The lowest BCUT2D eigenvalue weighted by Crippen LogP contribution is -2.60. The summed E-state index contributed by atoms with van der Waals surface area (Å²) in [5.41, 5.74) is 23.5. The van der Waals surface area contributed by atoms with E-state index in [1.807, 2.05) is 0 Å². The molecule has 1 aliphatic rings. The molecule has 0 saturated carbocycles. The number of aliphatic carboxylic acids is 1. The average Bonchev–Trinajstić information content (AvgIpc) is 3.82. The number of carboxylic acids is 1. The number of likely N-dealkylation sites (tertiary alicyclic amines) is 1. The molecule has 17 N–H and O–H groups in total. The second-order valence-electron chi connectivity index (χ2n) is 18.0. The lowest BCUT2D eigenvalue weighted by atomic mass is 10.0. The van der Waals surface area contributed by atoms with Gasteiger partial charge in [0, 0.05) is 25.9 Å². The number of benzene rings is 2. The Morgan fingerprint density at radius 1 is 0.681 bits per heavy atom. The summed E-state index contributed by atoms with van der Waals surface area (Å²) in [4.78, 5) is 137. The third-order valence-electron chi connectivity index (χ3n) is 11.5. The molecular weight excluding hydrogens is 939 g/mol. The van der Waals surface area contributed by atoms with Gasteiger partial charge in [-0.25, -0.2) is 4.79 Å². The Morgan fingerprint density at radius 2 is 1.25 bits per heavy atom. The monoisotopic (exact) mass is 1010 g/mol. The number of nitrogens with two attached hydrogens (primary N) is 4. The Kier molecular flexibility index (Phi) is 23.3. The molecule has 0 unspecified atom stereocenters. The van der Waals surface area contributed by atoms with Crippen molar-refractivity contribution in [1.29, 1.82) is 0 Å². The minimum Gasteiger partial charge on any atom is -0.508 e. The van der Waals surface area contributed by atoms with Crippen LogP contribution in [0.1, 0.15) is 70.9 Å². The Morgan fingerprint density at radius 3 is 1.85 bits per heavy atom. The van der Waals surface area contributed by atoms with Crippen LogP contribution in [0.5, 0.6) is 5.75 Å². The molecule has 0 spiro atoms. The number of aromatic hydroxyl groups is 1. The fourth-order valence-corrected chi connectivity index (χ4v) is 7.48. The summed E-state index contributed by atoms with van der Waals surface area (Å²) < 4.78 is 0. The first-order chi connectivity index (χ1) is 34.0. The van der Waals surface area contributed by atoms with Crippen LogP contribution in [0.4, 0.5) is 0 Å². The summed E-state index contributed by atoms with van der Waals surface area (Å²) in [6, 6.07) is 5.07. The van der Waals surface area contributed by atoms with Gasteiger partial charge in [0.1, 0.15) is 42.0 Å². The quantitative estimate of drug-likeness (QED) is 0.0223. The van der Waals surface area contributed by atoms with Crippen LogP contribution in [-0.2, 0) is 60.8 Å². The third kappa shape index (κ3) is 19.5. The summed E-state index contributed by atoms with van der Waals surface area (Å²) >= 11 is 0. The van der Waals surface area contributed by atoms with Gasteiger partial charge in [0.05, 0.1) is 25.6 Å². The SMILES string of the molecule is CC(C)[C@H](N)C(=O)N1CCC[C@H]1C(=O)NCC(=O)N[C@H](C(=O)N[C@@H](CCCN=C(N)N)C(=O)N[C@@H](CC(N)=O)C(=O)N[C@@H](Cc1ccc(O)cc1)C(=O)NCC(=O)N[C@@H](Cc1ccccc1)C(=O)O)C(C)C. The van der Waals surface area contributed by atoms with Gasteiger partial charge >= 0.3 is 5.97 Å². The number of hydrogen-bond donors (Lipinski definition) is 13. The van der Waals surface area contributed by atoms with Gasteiger partial charge in [-0.2, -0.15) is 0 Å². The van der Waals surface area contributed by atoms with E-state index in [1.54, 1.807) is 58.0 Å². The van der Waals surface area contributed by atoms with E-state index in [9.17, 15) is 58.2 Å². The van der Waals surface area contributed by atoms with Crippen molar-refractivity contribution in [2.24, 2.45) is 39.8 Å². The van der Waals surface area contributed by atoms with Crippen LogP contribution in [0, 0.1) is 11.8 Å². The number of carbonyl (C=O) groups excluding carboxylic acids is 9. The number of nitrogens with zero attached hydrogens (tertiary/aromatic N) is 2. The molecule has 0 bridgehead atoms. The van der Waals surface area contributed by atoms with E-state index in [0.717, 1.165) is 0 Å². The van der Waals surface area contributed by atoms with E-state index in [0.29, 0.717) is 30.5 Å². The molecule has 2 aromatic rings. The number of phenolic OH excluding ortho intramolecular Hbond substituents is 1. The van der Waals surface area contributed by atoms with Crippen LogP contribution in [-0.4, -0.2) is 149 Å². The normalized spacial score (nSPS) is 15.6.